The van der Waals surface area contributed by atoms with Gasteiger partial charge in [-0.3, -0.25) is 10.1 Å². The first-order valence-corrected chi connectivity index (χ1v) is 9.06. The minimum absolute atomic E-state index is 0.0645. The molecule has 0 aliphatic carbocycles. The van der Waals surface area contributed by atoms with E-state index in [0.717, 1.165) is 18.8 Å². The topological polar surface area (TPSA) is 80.3 Å². The van der Waals surface area contributed by atoms with Crippen LogP contribution in [0.5, 0.6) is 0 Å². The Morgan fingerprint density at radius 1 is 1.00 bits per heavy atom. The van der Waals surface area contributed by atoms with Crippen LogP contribution in [0.15, 0.2) is 70.9 Å². The summed E-state index contributed by atoms with van der Waals surface area (Å²) in [6, 6.07) is 18.1. The van der Waals surface area contributed by atoms with Crippen LogP contribution in [0.25, 0.3) is 10.8 Å². The van der Waals surface area contributed by atoms with Crippen molar-refractivity contribution in [3.63, 3.8) is 0 Å². The van der Waals surface area contributed by atoms with E-state index in [0.29, 0.717) is 28.8 Å². The summed E-state index contributed by atoms with van der Waals surface area (Å²) in [7, 11) is 1.69. The van der Waals surface area contributed by atoms with Crippen molar-refractivity contribution < 1.29 is 9.66 Å². The number of fused-ring (bicyclic) bond motifs is 1. The molecule has 7 heteroatoms. The van der Waals surface area contributed by atoms with Crippen LogP contribution in [0, 0.1) is 10.1 Å². The number of hydrogen-bond acceptors (Lipinski definition) is 6. The summed E-state index contributed by atoms with van der Waals surface area (Å²) in [6.07, 6.45) is 0. The van der Waals surface area contributed by atoms with Gasteiger partial charge in [0.2, 0.25) is 0 Å². The van der Waals surface area contributed by atoms with Gasteiger partial charge >= 0.3 is 0 Å². The molecular formula is C21H22N4O3. The second-order valence-corrected chi connectivity index (χ2v) is 6.20. The van der Waals surface area contributed by atoms with Gasteiger partial charge in [0.15, 0.2) is 0 Å². The lowest BCUT2D eigenvalue weighted by Crippen LogP contribution is -2.26. The SMILES string of the molecule is CCN(CCOC)c1ccc(/N=N/c2ccc([N+](=O)[O-])c3ccccc23)cc1. The number of nitro groups is 1. The summed E-state index contributed by atoms with van der Waals surface area (Å²) in [6.45, 7) is 4.48. The van der Waals surface area contributed by atoms with Crippen molar-refractivity contribution >= 4 is 33.5 Å². The number of hydrogen-bond donors (Lipinski definition) is 0. The highest BCUT2D eigenvalue weighted by atomic mass is 16.6. The molecule has 0 saturated carbocycles. The molecule has 0 fully saturated rings. The lowest BCUT2D eigenvalue weighted by Gasteiger charge is -2.22. The molecule has 0 saturated heterocycles. The third kappa shape index (κ3) is 4.32. The highest BCUT2D eigenvalue weighted by molar-refractivity contribution is 5.98. The minimum atomic E-state index is -0.384. The summed E-state index contributed by atoms with van der Waals surface area (Å²) < 4.78 is 5.15. The van der Waals surface area contributed by atoms with Gasteiger partial charge < -0.3 is 9.64 Å². The van der Waals surface area contributed by atoms with Gasteiger partial charge in [0.25, 0.3) is 5.69 Å². The number of anilines is 1. The fourth-order valence-electron chi connectivity index (χ4n) is 3.03. The van der Waals surface area contributed by atoms with Gasteiger partial charge in [0.1, 0.15) is 0 Å². The van der Waals surface area contributed by atoms with Gasteiger partial charge in [-0.1, -0.05) is 18.2 Å². The number of ether oxygens (including phenoxy) is 1. The zero-order valence-electron chi connectivity index (χ0n) is 15.9. The standard InChI is InChI=1S/C21H22N4O3/c1-3-24(14-15-28-2)17-10-8-16(9-11-17)22-23-20-12-13-21(25(26)27)19-7-5-4-6-18(19)20/h4-13H,3,14-15H2,1-2H3/b23-22+. The van der Waals surface area contributed by atoms with E-state index in [1.54, 1.807) is 25.3 Å². The average molecular weight is 378 g/mol. The second-order valence-electron chi connectivity index (χ2n) is 6.20. The maximum absolute atomic E-state index is 11.2. The molecule has 0 amide bonds. The quantitative estimate of drug-likeness (QED) is 0.289. The van der Waals surface area contributed by atoms with Crippen molar-refractivity contribution in [1.29, 1.82) is 0 Å². The average Bonchev–Trinajstić information content (AvgIpc) is 2.73. The normalized spacial score (nSPS) is 11.2. The molecule has 0 aromatic heterocycles. The molecule has 3 aromatic carbocycles. The maximum atomic E-state index is 11.2. The predicted molar refractivity (Wildman–Crippen MR) is 111 cm³/mol. The first-order chi connectivity index (χ1) is 13.6. The van der Waals surface area contributed by atoms with Crippen molar-refractivity contribution in [2.24, 2.45) is 10.2 Å². The van der Waals surface area contributed by atoms with Gasteiger partial charge in [-0.25, -0.2) is 0 Å². The van der Waals surface area contributed by atoms with E-state index in [2.05, 4.69) is 22.1 Å². The Labute approximate surface area is 163 Å². The Balaban J connectivity index is 1.84. The number of rotatable bonds is 8. The van der Waals surface area contributed by atoms with Crippen LogP contribution in [0.4, 0.5) is 22.7 Å². The Morgan fingerprint density at radius 2 is 1.71 bits per heavy atom. The fraction of sp³-hybridized carbons (Fsp3) is 0.238. The van der Waals surface area contributed by atoms with E-state index in [4.69, 9.17) is 4.74 Å². The van der Waals surface area contributed by atoms with E-state index >= 15 is 0 Å². The van der Waals surface area contributed by atoms with Gasteiger partial charge in [-0.15, -0.1) is 5.11 Å². The van der Waals surface area contributed by atoms with Gasteiger partial charge in [0, 0.05) is 37.3 Å². The largest absolute Gasteiger partial charge is 0.383 e. The van der Waals surface area contributed by atoms with Crippen molar-refractivity contribution in [3.05, 3.63) is 70.8 Å². The van der Waals surface area contributed by atoms with Gasteiger partial charge in [-0.05, 0) is 43.3 Å². The molecule has 144 valence electrons. The molecule has 0 atom stereocenters. The van der Waals surface area contributed by atoms with E-state index in [1.165, 1.54) is 6.07 Å². The first kappa shape index (κ1) is 19.4. The summed E-state index contributed by atoms with van der Waals surface area (Å²) in [4.78, 5) is 13.1. The second kappa shape index (κ2) is 9.05. The zero-order valence-corrected chi connectivity index (χ0v) is 15.9. The molecule has 0 radical (unpaired) electrons. The van der Waals surface area contributed by atoms with Crippen molar-refractivity contribution in [1.82, 2.24) is 0 Å². The summed E-state index contributed by atoms with van der Waals surface area (Å²) >= 11 is 0. The lowest BCUT2D eigenvalue weighted by atomic mass is 10.1. The predicted octanol–water partition coefficient (Wildman–Crippen LogP) is 5.64. The highest BCUT2D eigenvalue weighted by Crippen LogP contribution is 2.34. The molecule has 28 heavy (non-hydrogen) atoms. The molecule has 7 nitrogen and oxygen atoms in total. The number of non-ortho nitro benzene ring substituents is 1. The summed E-state index contributed by atoms with van der Waals surface area (Å²) in [5.74, 6) is 0. The number of methoxy groups -OCH3 is 1. The number of likely N-dealkylation sites (N-methyl/N-ethyl adjacent to an activating group) is 1. The van der Waals surface area contributed by atoms with Crippen LogP contribution in [0.2, 0.25) is 0 Å². The Kier molecular flexibility index (Phi) is 6.29. The van der Waals surface area contributed by atoms with Crippen LogP contribution in [0.3, 0.4) is 0 Å². The number of nitro benzene ring substituents is 1. The molecule has 0 aliphatic heterocycles. The molecule has 3 rings (SSSR count). The third-order valence-electron chi connectivity index (χ3n) is 4.51. The highest BCUT2D eigenvalue weighted by Gasteiger charge is 2.13. The van der Waals surface area contributed by atoms with Gasteiger partial charge in [0.05, 0.1) is 28.3 Å². The molecule has 0 bridgehead atoms. The molecule has 0 aliphatic rings. The van der Waals surface area contributed by atoms with Crippen LogP contribution in [0.1, 0.15) is 6.92 Å². The third-order valence-corrected chi connectivity index (χ3v) is 4.51. The first-order valence-electron chi connectivity index (χ1n) is 9.06. The van der Waals surface area contributed by atoms with Crippen molar-refractivity contribution in [3.8, 4) is 0 Å². The Bertz CT molecular complexity index is 987. The van der Waals surface area contributed by atoms with Crippen molar-refractivity contribution in [2.75, 3.05) is 31.7 Å². The van der Waals surface area contributed by atoms with Crippen LogP contribution >= 0.6 is 0 Å². The molecule has 3 aromatic rings. The number of nitrogens with zero attached hydrogens (tertiary/aromatic N) is 4. The van der Waals surface area contributed by atoms with Crippen LogP contribution in [-0.4, -0.2) is 31.7 Å². The molecule has 0 N–H and O–H groups in total. The Morgan fingerprint density at radius 3 is 2.36 bits per heavy atom. The Hall–Kier alpha value is -3.32. The lowest BCUT2D eigenvalue weighted by molar-refractivity contribution is -0.383. The van der Waals surface area contributed by atoms with Crippen molar-refractivity contribution in [2.45, 2.75) is 6.92 Å². The zero-order chi connectivity index (χ0) is 19.9. The smallest absolute Gasteiger partial charge is 0.277 e. The van der Waals surface area contributed by atoms with E-state index in [-0.39, 0.29) is 10.6 Å². The van der Waals surface area contributed by atoms with E-state index < -0.39 is 0 Å². The molecule has 0 spiro atoms. The number of azo groups is 1. The summed E-state index contributed by atoms with van der Waals surface area (Å²) in [5, 5.41) is 21.1. The number of benzene rings is 3. The summed E-state index contributed by atoms with van der Waals surface area (Å²) in [5.41, 5.74) is 2.48. The maximum Gasteiger partial charge on any atom is 0.277 e. The van der Waals surface area contributed by atoms with E-state index in [1.807, 2.05) is 36.4 Å². The van der Waals surface area contributed by atoms with Gasteiger partial charge in [-0.2, -0.15) is 5.11 Å². The molecular weight excluding hydrogens is 356 g/mol. The minimum Gasteiger partial charge on any atom is -0.383 e. The monoisotopic (exact) mass is 378 g/mol. The molecule has 0 unspecified atom stereocenters. The van der Waals surface area contributed by atoms with Crippen LogP contribution < -0.4 is 4.90 Å². The van der Waals surface area contributed by atoms with E-state index in [9.17, 15) is 10.1 Å². The molecule has 0 heterocycles. The van der Waals surface area contributed by atoms with Crippen LogP contribution in [-0.2, 0) is 4.74 Å². The fourth-order valence-corrected chi connectivity index (χ4v) is 3.03.